The minimum absolute atomic E-state index is 0.361. The van der Waals surface area contributed by atoms with E-state index in [1.165, 1.54) is 0 Å². The molecule has 0 bridgehead atoms. The standard InChI is InChI=1S/C7H7NOS/c1-2-4-9-6-7-8-3-5-10-7/h1,3,5H,4,6H2. The molecular formula is C7H7NOS. The molecule has 1 aromatic heterocycles. The molecule has 0 amide bonds. The zero-order chi connectivity index (χ0) is 7.23. The first kappa shape index (κ1) is 7.26. The first-order valence-electron chi connectivity index (χ1n) is 2.83. The molecule has 2 nitrogen and oxygen atoms in total. The predicted octanol–water partition coefficient (Wildman–Crippen LogP) is 1.29. The van der Waals surface area contributed by atoms with Crippen LogP contribution in [-0.2, 0) is 11.3 Å². The van der Waals surface area contributed by atoms with E-state index in [0.717, 1.165) is 5.01 Å². The molecule has 1 rings (SSSR count). The Kier molecular flexibility index (Phi) is 2.94. The van der Waals surface area contributed by atoms with Gasteiger partial charge in [0.25, 0.3) is 0 Å². The topological polar surface area (TPSA) is 22.1 Å². The van der Waals surface area contributed by atoms with Crippen LogP contribution in [0.15, 0.2) is 11.6 Å². The summed E-state index contributed by atoms with van der Waals surface area (Å²) in [6.07, 6.45) is 6.73. The second-order valence-corrected chi connectivity index (χ2v) is 2.60. The summed E-state index contributed by atoms with van der Waals surface area (Å²) in [5.41, 5.74) is 0. The van der Waals surface area contributed by atoms with Crippen LogP contribution < -0.4 is 0 Å². The number of ether oxygens (including phenoxy) is 1. The van der Waals surface area contributed by atoms with Crippen LogP contribution in [0.25, 0.3) is 0 Å². The summed E-state index contributed by atoms with van der Waals surface area (Å²) >= 11 is 1.57. The van der Waals surface area contributed by atoms with E-state index in [9.17, 15) is 0 Å². The number of hydrogen-bond donors (Lipinski definition) is 0. The quantitative estimate of drug-likeness (QED) is 0.482. The number of rotatable bonds is 3. The van der Waals surface area contributed by atoms with Crippen molar-refractivity contribution < 1.29 is 4.74 Å². The third-order valence-corrected chi connectivity index (χ3v) is 1.65. The van der Waals surface area contributed by atoms with Crippen LogP contribution in [-0.4, -0.2) is 11.6 Å². The molecule has 1 aromatic rings. The smallest absolute Gasteiger partial charge is 0.118 e. The van der Waals surface area contributed by atoms with Crippen LogP contribution >= 0.6 is 11.3 Å². The predicted molar refractivity (Wildman–Crippen MR) is 40.6 cm³/mol. The van der Waals surface area contributed by atoms with Crippen LogP contribution in [0.3, 0.4) is 0 Å². The van der Waals surface area contributed by atoms with Gasteiger partial charge in [0.1, 0.15) is 11.6 Å². The number of aromatic nitrogens is 1. The Bertz CT molecular complexity index is 212. The minimum atomic E-state index is 0.361. The summed E-state index contributed by atoms with van der Waals surface area (Å²) in [6, 6.07) is 0. The van der Waals surface area contributed by atoms with Crippen molar-refractivity contribution in [1.82, 2.24) is 4.98 Å². The van der Waals surface area contributed by atoms with Gasteiger partial charge in [-0.2, -0.15) is 0 Å². The molecule has 1 heterocycles. The number of nitrogens with zero attached hydrogens (tertiary/aromatic N) is 1. The molecule has 3 heteroatoms. The lowest BCUT2D eigenvalue weighted by Gasteiger charge is -1.92. The summed E-state index contributed by atoms with van der Waals surface area (Å²) in [6.45, 7) is 0.890. The maximum absolute atomic E-state index is 5.04. The summed E-state index contributed by atoms with van der Waals surface area (Å²) in [5.74, 6) is 2.38. The lowest BCUT2D eigenvalue weighted by atomic mass is 10.7. The first-order chi connectivity index (χ1) is 4.93. The molecule has 0 saturated carbocycles. The molecule has 52 valence electrons. The average molecular weight is 153 g/mol. The van der Waals surface area contributed by atoms with Gasteiger partial charge >= 0.3 is 0 Å². The maximum Gasteiger partial charge on any atom is 0.118 e. The van der Waals surface area contributed by atoms with Crippen molar-refractivity contribution in [2.75, 3.05) is 6.61 Å². The van der Waals surface area contributed by atoms with E-state index < -0.39 is 0 Å². The zero-order valence-electron chi connectivity index (χ0n) is 5.41. The third-order valence-electron chi connectivity index (χ3n) is 0.894. The molecule has 0 aromatic carbocycles. The van der Waals surface area contributed by atoms with Crippen LogP contribution in [0.2, 0.25) is 0 Å². The van der Waals surface area contributed by atoms with Crippen molar-refractivity contribution in [3.05, 3.63) is 16.6 Å². The Balaban J connectivity index is 2.23. The van der Waals surface area contributed by atoms with Gasteiger partial charge in [-0.25, -0.2) is 4.98 Å². The zero-order valence-corrected chi connectivity index (χ0v) is 6.23. The highest BCUT2D eigenvalue weighted by molar-refractivity contribution is 7.09. The monoisotopic (exact) mass is 153 g/mol. The summed E-state index contributed by atoms with van der Waals surface area (Å²) < 4.78 is 5.04. The van der Waals surface area contributed by atoms with Gasteiger partial charge in [-0.15, -0.1) is 17.8 Å². The lowest BCUT2D eigenvalue weighted by molar-refractivity contribution is 0.153. The highest BCUT2D eigenvalue weighted by Gasteiger charge is 1.91. The number of terminal acetylenes is 1. The molecule has 0 unspecified atom stereocenters. The fraction of sp³-hybridized carbons (Fsp3) is 0.286. The number of thiazole rings is 1. The Hall–Kier alpha value is -0.850. The Morgan fingerprint density at radius 3 is 3.30 bits per heavy atom. The van der Waals surface area contributed by atoms with E-state index in [1.807, 2.05) is 5.38 Å². The third kappa shape index (κ3) is 2.18. The molecular weight excluding hydrogens is 146 g/mol. The van der Waals surface area contributed by atoms with Crippen molar-refractivity contribution in [2.45, 2.75) is 6.61 Å². The molecule has 0 spiro atoms. The van der Waals surface area contributed by atoms with Crippen molar-refractivity contribution in [2.24, 2.45) is 0 Å². The second kappa shape index (κ2) is 4.04. The summed E-state index contributed by atoms with van der Waals surface area (Å²) in [7, 11) is 0. The average Bonchev–Trinajstić information content (AvgIpc) is 2.41. The maximum atomic E-state index is 5.04. The van der Waals surface area contributed by atoms with E-state index in [-0.39, 0.29) is 0 Å². The molecule has 0 aliphatic rings. The Labute approximate surface area is 63.9 Å². The Morgan fingerprint density at radius 1 is 1.80 bits per heavy atom. The molecule has 0 aliphatic carbocycles. The van der Waals surface area contributed by atoms with Gasteiger partial charge in [0.05, 0.1) is 6.61 Å². The van der Waals surface area contributed by atoms with Crippen LogP contribution in [0, 0.1) is 12.3 Å². The first-order valence-corrected chi connectivity index (χ1v) is 3.71. The van der Waals surface area contributed by atoms with E-state index in [2.05, 4.69) is 10.9 Å². The lowest BCUT2D eigenvalue weighted by Crippen LogP contribution is -1.91. The molecule has 0 atom stereocenters. The van der Waals surface area contributed by atoms with Gasteiger partial charge in [-0.1, -0.05) is 5.92 Å². The van der Waals surface area contributed by atoms with Gasteiger partial charge < -0.3 is 4.74 Å². The molecule has 0 fully saturated rings. The minimum Gasteiger partial charge on any atom is -0.362 e. The molecule has 0 radical (unpaired) electrons. The van der Waals surface area contributed by atoms with Crippen molar-refractivity contribution >= 4 is 11.3 Å². The highest BCUT2D eigenvalue weighted by Crippen LogP contribution is 2.04. The van der Waals surface area contributed by atoms with E-state index >= 15 is 0 Å². The molecule has 0 N–H and O–H groups in total. The normalized spacial score (nSPS) is 9.10. The van der Waals surface area contributed by atoms with Crippen molar-refractivity contribution in [3.8, 4) is 12.3 Å². The van der Waals surface area contributed by atoms with Gasteiger partial charge in [0, 0.05) is 11.6 Å². The van der Waals surface area contributed by atoms with Gasteiger partial charge in [-0.05, 0) is 0 Å². The fourth-order valence-corrected chi connectivity index (χ4v) is 1.07. The second-order valence-electron chi connectivity index (χ2n) is 1.62. The fourth-order valence-electron chi connectivity index (χ4n) is 0.522. The van der Waals surface area contributed by atoms with Crippen LogP contribution in [0.5, 0.6) is 0 Å². The van der Waals surface area contributed by atoms with Gasteiger partial charge in [-0.3, -0.25) is 0 Å². The SMILES string of the molecule is C#CCOCc1nccs1. The Morgan fingerprint density at radius 2 is 2.70 bits per heavy atom. The molecule has 0 saturated heterocycles. The molecule has 10 heavy (non-hydrogen) atoms. The largest absolute Gasteiger partial charge is 0.362 e. The van der Waals surface area contributed by atoms with Gasteiger partial charge in [0.15, 0.2) is 0 Å². The van der Waals surface area contributed by atoms with Crippen molar-refractivity contribution in [3.63, 3.8) is 0 Å². The summed E-state index contributed by atoms with van der Waals surface area (Å²) in [5, 5.41) is 2.88. The van der Waals surface area contributed by atoms with Crippen LogP contribution in [0.4, 0.5) is 0 Å². The van der Waals surface area contributed by atoms with Crippen LogP contribution in [0.1, 0.15) is 5.01 Å². The van der Waals surface area contributed by atoms with Crippen molar-refractivity contribution in [1.29, 1.82) is 0 Å². The van der Waals surface area contributed by atoms with E-state index in [4.69, 9.17) is 11.2 Å². The highest BCUT2D eigenvalue weighted by atomic mass is 32.1. The number of hydrogen-bond acceptors (Lipinski definition) is 3. The van der Waals surface area contributed by atoms with E-state index in [1.54, 1.807) is 17.5 Å². The summed E-state index contributed by atoms with van der Waals surface area (Å²) in [4.78, 5) is 4.01. The van der Waals surface area contributed by atoms with E-state index in [0.29, 0.717) is 13.2 Å². The van der Waals surface area contributed by atoms with Gasteiger partial charge in [0.2, 0.25) is 0 Å². The molecule has 0 aliphatic heterocycles.